The first-order chi connectivity index (χ1) is 37.8. The van der Waals surface area contributed by atoms with Crippen molar-refractivity contribution in [2.75, 3.05) is 26.4 Å². The third-order valence-electron chi connectivity index (χ3n) is 14.6. The topological polar surface area (TPSA) is 307 Å². The quantitative estimate of drug-likeness (QED) is 0.0287. The van der Waals surface area contributed by atoms with E-state index in [1.165, 1.54) is 83.5 Å². The van der Waals surface area contributed by atoms with Crippen LogP contribution in [0, 0.1) is 0 Å². The Bertz CT molecular complexity index is 1660. The summed E-state index contributed by atoms with van der Waals surface area (Å²) in [6.45, 7) is 1.42. The van der Waals surface area contributed by atoms with Crippen molar-refractivity contribution in [1.29, 1.82) is 0 Å². The van der Waals surface area contributed by atoms with Gasteiger partial charge in [0.2, 0.25) is 5.91 Å². The van der Waals surface area contributed by atoms with Crippen molar-refractivity contribution in [1.82, 2.24) is 5.32 Å². The number of unbranched alkanes of at least 4 members (excludes halogenated alkanes) is 18. The van der Waals surface area contributed by atoms with E-state index >= 15 is 0 Å². The normalized spacial score (nSPS) is 30.9. The molecule has 452 valence electrons. The van der Waals surface area contributed by atoms with Gasteiger partial charge in [0.25, 0.3) is 0 Å². The molecule has 0 aromatic heterocycles. The van der Waals surface area contributed by atoms with Crippen molar-refractivity contribution in [3.05, 3.63) is 60.8 Å². The second kappa shape index (κ2) is 42.3. The maximum atomic E-state index is 13.2. The molecule has 0 saturated carbocycles. The Morgan fingerprint density at radius 3 is 1.37 bits per heavy atom. The van der Waals surface area contributed by atoms with Crippen molar-refractivity contribution >= 4 is 5.91 Å². The van der Waals surface area contributed by atoms with Gasteiger partial charge in [-0.3, -0.25) is 4.79 Å². The molecule has 0 aromatic rings. The zero-order valence-corrected chi connectivity index (χ0v) is 46.9. The smallest absolute Gasteiger partial charge is 0.220 e. The van der Waals surface area contributed by atoms with Crippen LogP contribution in [0.3, 0.4) is 0 Å². The van der Waals surface area contributed by atoms with Gasteiger partial charge in [-0.05, 0) is 51.4 Å². The number of carbonyl (C=O) groups is 1. The van der Waals surface area contributed by atoms with Crippen LogP contribution in [0.2, 0.25) is 0 Å². The van der Waals surface area contributed by atoms with Gasteiger partial charge in [0.15, 0.2) is 18.9 Å². The molecule has 1 amide bonds. The SMILES string of the molecule is CC/C=C\C/C=C\C/C=C\C/C=C\CCCCCCCCCCCCCCCCCCC(=O)NC(COC1OC(CO)C(OC2OC(CO)C(OC3OC(CO)C(O)C(O)C3O)C(O)C2O)C(O)C1O)C(O)/C=C/CCCC. The van der Waals surface area contributed by atoms with Crippen molar-refractivity contribution in [2.24, 2.45) is 0 Å². The number of amides is 1. The molecule has 19 nitrogen and oxygen atoms in total. The molecule has 12 N–H and O–H groups in total. The molecule has 19 heteroatoms. The van der Waals surface area contributed by atoms with Gasteiger partial charge < -0.3 is 89.9 Å². The van der Waals surface area contributed by atoms with Crippen molar-refractivity contribution < 1.29 is 89.4 Å². The number of hydrogen-bond donors (Lipinski definition) is 12. The lowest BCUT2D eigenvalue weighted by atomic mass is 9.96. The number of hydrogen-bond acceptors (Lipinski definition) is 18. The minimum atomic E-state index is -1.98. The summed E-state index contributed by atoms with van der Waals surface area (Å²) in [6, 6.07) is -0.969. The van der Waals surface area contributed by atoms with Crippen LogP contribution in [0.5, 0.6) is 0 Å². The first kappa shape index (κ1) is 69.8. The molecule has 3 rings (SSSR count). The molecule has 3 aliphatic rings. The minimum absolute atomic E-state index is 0.239. The Hall–Kier alpha value is -2.51. The maximum absolute atomic E-state index is 13.2. The Morgan fingerprint density at radius 2 is 0.885 bits per heavy atom. The van der Waals surface area contributed by atoms with Crippen LogP contribution in [-0.4, -0.2) is 193 Å². The first-order valence-corrected chi connectivity index (χ1v) is 29.5. The van der Waals surface area contributed by atoms with Gasteiger partial charge >= 0.3 is 0 Å². The molecule has 3 aliphatic heterocycles. The Kier molecular flexibility index (Phi) is 37.9. The average Bonchev–Trinajstić information content (AvgIpc) is 3.48. The van der Waals surface area contributed by atoms with Crippen LogP contribution in [0.1, 0.15) is 174 Å². The molecule has 17 atom stereocenters. The van der Waals surface area contributed by atoms with E-state index in [2.05, 4.69) is 60.8 Å². The molecule has 0 bridgehead atoms. The van der Waals surface area contributed by atoms with E-state index in [1.54, 1.807) is 6.08 Å². The Morgan fingerprint density at radius 1 is 0.474 bits per heavy atom. The largest absolute Gasteiger partial charge is 0.394 e. The lowest BCUT2D eigenvalue weighted by Gasteiger charge is -2.48. The zero-order valence-electron chi connectivity index (χ0n) is 46.9. The molecule has 0 aromatic carbocycles. The highest BCUT2D eigenvalue weighted by molar-refractivity contribution is 5.76. The van der Waals surface area contributed by atoms with Crippen molar-refractivity contribution in [3.63, 3.8) is 0 Å². The van der Waals surface area contributed by atoms with E-state index < -0.39 is 124 Å². The second-order valence-electron chi connectivity index (χ2n) is 21.1. The first-order valence-electron chi connectivity index (χ1n) is 29.5. The van der Waals surface area contributed by atoms with E-state index in [9.17, 15) is 61.0 Å². The molecule has 17 unspecified atom stereocenters. The summed E-state index contributed by atoms with van der Waals surface area (Å²) >= 11 is 0. The van der Waals surface area contributed by atoms with Gasteiger partial charge in [-0.1, -0.05) is 177 Å². The van der Waals surface area contributed by atoms with Gasteiger partial charge in [0.05, 0.1) is 38.6 Å². The summed E-state index contributed by atoms with van der Waals surface area (Å²) < 4.78 is 34.0. The summed E-state index contributed by atoms with van der Waals surface area (Å²) in [5.41, 5.74) is 0. The highest BCUT2D eigenvalue weighted by atomic mass is 16.8. The van der Waals surface area contributed by atoms with Crippen LogP contribution < -0.4 is 5.32 Å². The Balaban J connectivity index is 1.32. The van der Waals surface area contributed by atoms with Gasteiger partial charge in [-0.25, -0.2) is 0 Å². The number of aliphatic hydroxyl groups is 11. The van der Waals surface area contributed by atoms with Crippen LogP contribution in [0.4, 0.5) is 0 Å². The van der Waals surface area contributed by atoms with Gasteiger partial charge in [0, 0.05) is 6.42 Å². The average molecular weight is 1110 g/mol. The highest BCUT2D eigenvalue weighted by Gasteiger charge is 2.53. The predicted octanol–water partition coefficient (Wildman–Crippen LogP) is 4.87. The monoisotopic (exact) mass is 1110 g/mol. The molecular weight excluding hydrogens is 1010 g/mol. The maximum Gasteiger partial charge on any atom is 0.220 e. The summed E-state index contributed by atoms with van der Waals surface area (Å²) in [6.07, 6.45) is 21.8. The fourth-order valence-electron chi connectivity index (χ4n) is 9.70. The van der Waals surface area contributed by atoms with E-state index in [0.717, 1.165) is 57.8 Å². The predicted molar refractivity (Wildman–Crippen MR) is 295 cm³/mol. The van der Waals surface area contributed by atoms with Gasteiger partial charge in [-0.15, -0.1) is 0 Å². The van der Waals surface area contributed by atoms with Crippen LogP contribution in [0.25, 0.3) is 0 Å². The molecule has 0 radical (unpaired) electrons. The molecule has 0 aliphatic carbocycles. The van der Waals surface area contributed by atoms with E-state index in [-0.39, 0.29) is 18.9 Å². The minimum Gasteiger partial charge on any atom is -0.394 e. The standard InChI is InChI=1S/C59H103NO18/c1-3-5-7-9-10-11-12-13-14-15-16-17-18-19-20-21-22-23-24-25-26-27-28-29-30-31-32-33-35-37-47(65)60-42(43(64)36-34-8-6-4-2)41-73-57-53(71)50(68)55(45(39-62)75-57)78-59-54(72)51(69)56(46(40-63)76-59)77-58-52(70)49(67)48(66)44(38-61)74-58/h5,7,10-11,13-14,16-17,34,36,42-46,48-59,61-64,66-72H,3-4,6,8-9,12,15,18-33,35,37-41H2,1-2H3,(H,60,65)/b7-5-,11-10-,14-13-,17-16-,36-34+. The fourth-order valence-corrected chi connectivity index (χ4v) is 9.70. The number of carbonyl (C=O) groups excluding carboxylic acids is 1. The zero-order chi connectivity index (χ0) is 56.9. The van der Waals surface area contributed by atoms with E-state index in [4.69, 9.17) is 28.4 Å². The molecular formula is C59H103NO18. The number of aliphatic hydroxyl groups excluding tert-OH is 11. The summed E-state index contributed by atoms with van der Waals surface area (Å²) in [5.74, 6) is -0.288. The van der Waals surface area contributed by atoms with E-state index in [0.29, 0.717) is 12.8 Å². The third kappa shape index (κ3) is 26.2. The van der Waals surface area contributed by atoms with Crippen molar-refractivity contribution in [2.45, 2.75) is 279 Å². The Labute approximate surface area is 465 Å². The number of rotatable bonds is 42. The molecule has 3 heterocycles. The molecule has 0 spiro atoms. The second-order valence-corrected chi connectivity index (χ2v) is 21.1. The van der Waals surface area contributed by atoms with Crippen LogP contribution in [0.15, 0.2) is 60.8 Å². The van der Waals surface area contributed by atoms with Gasteiger partial charge in [-0.2, -0.15) is 0 Å². The third-order valence-corrected chi connectivity index (χ3v) is 14.6. The fraction of sp³-hybridized carbons (Fsp3) is 0.814. The van der Waals surface area contributed by atoms with Crippen molar-refractivity contribution in [3.8, 4) is 0 Å². The lowest BCUT2D eigenvalue weighted by molar-refractivity contribution is -0.379. The number of ether oxygens (including phenoxy) is 6. The summed E-state index contributed by atoms with van der Waals surface area (Å²) in [4.78, 5) is 13.2. The lowest BCUT2D eigenvalue weighted by Crippen LogP contribution is -2.66. The van der Waals surface area contributed by atoms with E-state index in [1.807, 2.05) is 13.0 Å². The van der Waals surface area contributed by atoms with Crippen LogP contribution >= 0.6 is 0 Å². The number of allylic oxidation sites excluding steroid dienone is 9. The van der Waals surface area contributed by atoms with Gasteiger partial charge in [0.1, 0.15) is 73.2 Å². The molecule has 78 heavy (non-hydrogen) atoms. The van der Waals surface area contributed by atoms with Crippen LogP contribution in [-0.2, 0) is 33.2 Å². The summed E-state index contributed by atoms with van der Waals surface area (Å²) in [5, 5.41) is 119. The number of nitrogens with one attached hydrogen (secondary N) is 1. The highest BCUT2D eigenvalue weighted by Crippen LogP contribution is 2.33. The molecule has 3 fully saturated rings. The summed E-state index contributed by atoms with van der Waals surface area (Å²) in [7, 11) is 0. The molecule has 3 saturated heterocycles.